The van der Waals surface area contributed by atoms with Gasteiger partial charge < -0.3 is 39.5 Å². The Morgan fingerprint density at radius 2 is 1.67 bits per heavy atom. The number of carbonyl (C=O) groups excluding carboxylic acids is 1. The van der Waals surface area contributed by atoms with Gasteiger partial charge in [0.15, 0.2) is 11.5 Å². The number of nitrogens with one attached hydrogen (secondary N) is 1. The van der Waals surface area contributed by atoms with Crippen molar-refractivity contribution in [2.24, 2.45) is 5.92 Å². The van der Waals surface area contributed by atoms with Crippen LogP contribution in [0.15, 0.2) is 47.0 Å². The molecule has 1 saturated carbocycles. The van der Waals surface area contributed by atoms with E-state index in [0.717, 1.165) is 37.5 Å². The number of rotatable bonds is 9. The number of aromatic hydroxyl groups is 2. The summed E-state index contributed by atoms with van der Waals surface area (Å²) in [5.74, 6) is 1.06. The van der Waals surface area contributed by atoms with Gasteiger partial charge in [-0.3, -0.25) is 4.79 Å². The van der Waals surface area contributed by atoms with Crippen molar-refractivity contribution in [2.75, 3.05) is 51.7 Å². The molecule has 2 saturated heterocycles. The first kappa shape index (κ1) is 31.2. The third-order valence-electron chi connectivity index (χ3n) is 9.82. The molecule has 10 nitrogen and oxygen atoms in total. The Morgan fingerprint density at radius 3 is 2.36 bits per heavy atom. The van der Waals surface area contributed by atoms with Crippen molar-refractivity contribution < 1.29 is 24.3 Å². The van der Waals surface area contributed by atoms with E-state index in [1.807, 2.05) is 31.1 Å². The van der Waals surface area contributed by atoms with E-state index in [-0.39, 0.29) is 46.2 Å². The highest BCUT2D eigenvalue weighted by molar-refractivity contribution is 5.93. The van der Waals surface area contributed by atoms with Gasteiger partial charge in [-0.05, 0) is 81.8 Å². The Kier molecular flexibility index (Phi) is 9.80. The molecule has 3 heterocycles. The summed E-state index contributed by atoms with van der Waals surface area (Å²) in [6.45, 7) is 5.67. The maximum atomic E-state index is 13.2. The number of amides is 1. The number of anilines is 1. The van der Waals surface area contributed by atoms with Crippen LogP contribution in [-0.4, -0.2) is 90.0 Å². The molecule has 10 heteroatoms. The second-order valence-corrected chi connectivity index (χ2v) is 13.2. The molecule has 0 spiro atoms. The van der Waals surface area contributed by atoms with E-state index < -0.39 is 0 Å². The highest BCUT2D eigenvalue weighted by Crippen LogP contribution is 2.43. The predicted octanol–water partition coefficient (Wildman–Crippen LogP) is 5.85. The van der Waals surface area contributed by atoms with Crippen LogP contribution < -0.4 is 15.0 Å². The van der Waals surface area contributed by atoms with E-state index in [1.165, 1.54) is 82.8 Å². The van der Waals surface area contributed by atoms with E-state index in [0.29, 0.717) is 11.8 Å². The number of ether oxygens (including phenoxy) is 1. The zero-order valence-electron chi connectivity index (χ0n) is 26.6. The highest BCUT2D eigenvalue weighted by atomic mass is 16.5. The minimum Gasteiger partial charge on any atom is -0.508 e. The molecule has 0 atom stereocenters. The number of piperidine rings is 2. The summed E-state index contributed by atoms with van der Waals surface area (Å²) in [6.07, 6.45) is 11.4. The lowest BCUT2D eigenvalue weighted by Gasteiger charge is -2.42. The van der Waals surface area contributed by atoms with E-state index in [2.05, 4.69) is 20.3 Å². The van der Waals surface area contributed by atoms with Crippen LogP contribution in [0, 0.1) is 5.92 Å². The molecule has 242 valence electrons. The van der Waals surface area contributed by atoms with Gasteiger partial charge in [-0.1, -0.05) is 24.4 Å². The fourth-order valence-corrected chi connectivity index (χ4v) is 7.22. The summed E-state index contributed by atoms with van der Waals surface area (Å²) in [5, 5.41) is 28.0. The van der Waals surface area contributed by atoms with Crippen LogP contribution >= 0.6 is 0 Å². The number of hydrogen-bond acceptors (Lipinski definition) is 9. The number of carbonyl (C=O) groups is 1. The van der Waals surface area contributed by atoms with Gasteiger partial charge in [-0.15, -0.1) is 0 Å². The molecule has 3 N–H and O–H groups in total. The Morgan fingerprint density at radius 1 is 0.956 bits per heavy atom. The molecule has 3 aromatic rings. The molecule has 0 unspecified atom stereocenters. The maximum absolute atomic E-state index is 13.2. The summed E-state index contributed by atoms with van der Waals surface area (Å²) in [6, 6.07) is 12.2. The van der Waals surface area contributed by atoms with Crippen molar-refractivity contribution in [3.8, 4) is 34.3 Å². The van der Waals surface area contributed by atoms with Crippen molar-refractivity contribution in [2.45, 2.75) is 69.9 Å². The van der Waals surface area contributed by atoms with Gasteiger partial charge in [0.25, 0.3) is 5.91 Å². The topological polar surface area (TPSA) is 115 Å². The molecule has 0 bridgehead atoms. The molecule has 0 radical (unpaired) electrons. The zero-order chi connectivity index (χ0) is 31.3. The lowest BCUT2D eigenvalue weighted by Crippen LogP contribution is -2.51. The number of phenols is 2. The monoisotopic (exact) mass is 617 g/mol. The summed E-state index contributed by atoms with van der Waals surface area (Å²) < 4.78 is 11.5. The van der Waals surface area contributed by atoms with Crippen molar-refractivity contribution in [1.82, 2.24) is 20.3 Å². The van der Waals surface area contributed by atoms with Crippen molar-refractivity contribution in [1.29, 1.82) is 0 Å². The number of aromatic nitrogens is 1. The van der Waals surface area contributed by atoms with Crippen molar-refractivity contribution in [3.63, 3.8) is 0 Å². The molecule has 3 aliphatic rings. The smallest absolute Gasteiger partial charge is 0.273 e. The van der Waals surface area contributed by atoms with Gasteiger partial charge in [0.2, 0.25) is 0 Å². The minimum absolute atomic E-state index is 0.0754. The predicted molar refractivity (Wildman–Crippen MR) is 174 cm³/mol. The van der Waals surface area contributed by atoms with Crippen LogP contribution in [0.3, 0.4) is 0 Å². The lowest BCUT2D eigenvalue weighted by molar-refractivity contribution is 0.0702. The molecule has 45 heavy (non-hydrogen) atoms. The van der Waals surface area contributed by atoms with Gasteiger partial charge in [0, 0.05) is 69.7 Å². The molecule has 6 rings (SSSR count). The van der Waals surface area contributed by atoms with Crippen LogP contribution in [0.25, 0.3) is 11.3 Å². The number of hydrogen-bond donors (Lipinski definition) is 3. The molecule has 1 aromatic heterocycles. The standard InChI is InChI=1S/C35H47N5O5/c1-38(2)26-8-10-29(11-9-26)44-32-21-28(41)20-31(42)34(32)33-22-30(37-45-33)35(43)36-25-12-18-40(19-13-25)27-14-16-39(17-15-27)23-24-6-4-3-5-7-24/h8-11,20-22,24-25,27,41-42H,3-7,12-19,23H2,1-2H3,(H,36,43). The molecule has 1 amide bonds. The second-order valence-electron chi connectivity index (χ2n) is 13.2. The van der Waals surface area contributed by atoms with Crippen LogP contribution in [0.2, 0.25) is 0 Å². The van der Waals surface area contributed by atoms with Crippen LogP contribution in [0.5, 0.6) is 23.0 Å². The summed E-state index contributed by atoms with van der Waals surface area (Å²) in [4.78, 5) is 20.4. The van der Waals surface area contributed by atoms with Crippen molar-refractivity contribution >= 4 is 11.6 Å². The molecular weight excluding hydrogens is 570 g/mol. The summed E-state index contributed by atoms with van der Waals surface area (Å²) in [5.41, 5.74) is 1.34. The third-order valence-corrected chi connectivity index (χ3v) is 9.82. The van der Waals surface area contributed by atoms with Gasteiger partial charge in [0.05, 0.1) is 0 Å². The summed E-state index contributed by atoms with van der Waals surface area (Å²) >= 11 is 0. The molecule has 3 fully saturated rings. The largest absolute Gasteiger partial charge is 0.508 e. The van der Waals surface area contributed by atoms with Crippen LogP contribution in [0.4, 0.5) is 5.69 Å². The first-order valence-corrected chi connectivity index (χ1v) is 16.6. The highest BCUT2D eigenvalue weighted by Gasteiger charge is 2.30. The van der Waals surface area contributed by atoms with E-state index in [1.54, 1.807) is 12.1 Å². The second kappa shape index (κ2) is 14.1. The fraction of sp³-hybridized carbons (Fsp3) is 0.543. The zero-order valence-corrected chi connectivity index (χ0v) is 26.6. The van der Waals surface area contributed by atoms with Crippen LogP contribution in [-0.2, 0) is 0 Å². The van der Waals surface area contributed by atoms with Gasteiger partial charge in [-0.25, -0.2) is 0 Å². The SMILES string of the molecule is CN(C)c1ccc(Oc2cc(O)cc(O)c2-c2cc(C(=O)NC3CCN(C4CCN(CC5CCCCC5)CC4)CC3)no2)cc1. The van der Waals surface area contributed by atoms with E-state index in [9.17, 15) is 15.0 Å². The Labute approximate surface area is 265 Å². The quantitative estimate of drug-likeness (QED) is 0.272. The molecular formula is C35H47N5O5. The Hall–Kier alpha value is -3.76. The number of phenolic OH excluding ortho intramolecular Hbond substituents is 2. The molecule has 2 aromatic carbocycles. The molecule has 2 aliphatic heterocycles. The van der Waals surface area contributed by atoms with Crippen molar-refractivity contribution in [3.05, 3.63) is 48.2 Å². The third kappa shape index (κ3) is 7.73. The first-order chi connectivity index (χ1) is 21.8. The van der Waals surface area contributed by atoms with E-state index in [4.69, 9.17) is 9.26 Å². The minimum atomic E-state index is -0.306. The number of benzene rings is 2. The first-order valence-electron chi connectivity index (χ1n) is 16.6. The van der Waals surface area contributed by atoms with Gasteiger partial charge >= 0.3 is 0 Å². The molecule has 1 aliphatic carbocycles. The number of likely N-dealkylation sites (tertiary alicyclic amines) is 2. The van der Waals surface area contributed by atoms with Gasteiger partial charge in [-0.2, -0.15) is 0 Å². The lowest BCUT2D eigenvalue weighted by atomic mass is 9.88. The summed E-state index contributed by atoms with van der Waals surface area (Å²) in [7, 11) is 3.90. The van der Waals surface area contributed by atoms with Gasteiger partial charge in [0.1, 0.15) is 28.6 Å². The maximum Gasteiger partial charge on any atom is 0.273 e. The number of nitrogens with zero attached hydrogens (tertiary/aromatic N) is 4. The fourth-order valence-electron chi connectivity index (χ4n) is 7.22. The Balaban J connectivity index is 1.02. The van der Waals surface area contributed by atoms with E-state index >= 15 is 0 Å². The Bertz CT molecular complexity index is 1420. The van der Waals surface area contributed by atoms with Crippen LogP contribution in [0.1, 0.15) is 68.3 Å². The average Bonchev–Trinajstić information content (AvgIpc) is 3.52. The normalized spacial score (nSPS) is 19.4. The average molecular weight is 618 g/mol.